The first-order chi connectivity index (χ1) is 8.65. The van der Waals surface area contributed by atoms with E-state index in [1.165, 1.54) is 0 Å². The van der Waals surface area contributed by atoms with Crippen LogP contribution in [0.1, 0.15) is 45.6 Å². The quantitative estimate of drug-likeness (QED) is 0.746. The zero-order chi connectivity index (χ0) is 14.7. The molecule has 0 saturated carbocycles. The fourth-order valence-electron chi connectivity index (χ4n) is 1.79. The summed E-state index contributed by atoms with van der Waals surface area (Å²) in [5.41, 5.74) is -0.778. The molecule has 0 bridgehead atoms. The van der Waals surface area contributed by atoms with Gasteiger partial charge >= 0.3 is 5.97 Å². The lowest BCUT2D eigenvalue weighted by Crippen LogP contribution is -2.36. The lowest BCUT2D eigenvalue weighted by atomic mass is 9.88. The van der Waals surface area contributed by atoms with Crippen molar-refractivity contribution in [1.29, 1.82) is 0 Å². The van der Waals surface area contributed by atoms with Gasteiger partial charge in [-0.3, -0.25) is 4.79 Å². The highest BCUT2D eigenvalue weighted by molar-refractivity contribution is 5.73. The van der Waals surface area contributed by atoms with Crippen molar-refractivity contribution >= 4 is 5.97 Å². The molecule has 0 aromatic carbocycles. The maximum atomic E-state index is 11.0. The monoisotopic (exact) mass is 267 g/mol. The summed E-state index contributed by atoms with van der Waals surface area (Å²) in [6.07, 6.45) is 0.607. The zero-order valence-electron chi connectivity index (χ0n) is 12.5. The molecule has 1 rings (SSSR count). The largest absolute Gasteiger partial charge is 0.481 e. The van der Waals surface area contributed by atoms with E-state index in [2.05, 4.69) is 19.2 Å². The summed E-state index contributed by atoms with van der Waals surface area (Å²) < 4.78 is 5.65. The highest BCUT2D eigenvalue weighted by atomic mass is 16.4. The Morgan fingerprint density at radius 3 is 2.42 bits per heavy atom. The number of carbonyl (C=O) groups is 1. The topological polar surface area (TPSA) is 62.5 Å². The van der Waals surface area contributed by atoms with Crippen LogP contribution in [0.5, 0.6) is 0 Å². The first kappa shape index (κ1) is 15.8. The van der Waals surface area contributed by atoms with Crippen LogP contribution >= 0.6 is 0 Å². The summed E-state index contributed by atoms with van der Waals surface area (Å²) in [6.45, 7) is 11.1. The second-order valence-corrected chi connectivity index (χ2v) is 6.41. The fraction of sp³-hybridized carbons (Fsp3) is 0.667. The van der Waals surface area contributed by atoms with E-state index in [-0.39, 0.29) is 5.41 Å². The molecule has 0 unspecified atom stereocenters. The minimum Gasteiger partial charge on any atom is -0.481 e. The Morgan fingerprint density at radius 2 is 1.95 bits per heavy atom. The lowest BCUT2D eigenvalue weighted by Gasteiger charge is -2.24. The molecule has 1 aromatic heterocycles. The maximum Gasteiger partial charge on any atom is 0.309 e. The molecule has 0 amide bonds. The summed E-state index contributed by atoms with van der Waals surface area (Å²) >= 11 is 0. The van der Waals surface area contributed by atoms with Crippen molar-refractivity contribution in [2.75, 3.05) is 13.1 Å². The van der Waals surface area contributed by atoms with Crippen LogP contribution in [0.4, 0.5) is 0 Å². The molecule has 0 aliphatic rings. The molecule has 0 fully saturated rings. The van der Waals surface area contributed by atoms with Gasteiger partial charge in [-0.1, -0.05) is 13.8 Å². The van der Waals surface area contributed by atoms with Crippen molar-refractivity contribution in [3.63, 3.8) is 0 Å². The number of aryl methyl sites for hydroxylation is 1. The van der Waals surface area contributed by atoms with E-state index in [1.807, 2.05) is 19.1 Å². The molecule has 0 radical (unpaired) electrons. The highest BCUT2D eigenvalue weighted by Gasteiger charge is 2.27. The second kappa shape index (κ2) is 5.78. The van der Waals surface area contributed by atoms with E-state index in [9.17, 15) is 4.79 Å². The van der Waals surface area contributed by atoms with Crippen molar-refractivity contribution in [2.24, 2.45) is 5.41 Å². The minimum absolute atomic E-state index is 0.0956. The van der Waals surface area contributed by atoms with Crippen LogP contribution < -0.4 is 5.32 Å². The van der Waals surface area contributed by atoms with E-state index in [1.54, 1.807) is 13.8 Å². The third-order valence-electron chi connectivity index (χ3n) is 3.48. The van der Waals surface area contributed by atoms with E-state index < -0.39 is 11.4 Å². The van der Waals surface area contributed by atoms with Crippen molar-refractivity contribution < 1.29 is 14.3 Å². The Bertz CT molecular complexity index is 432. The van der Waals surface area contributed by atoms with Gasteiger partial charge in [-0.15, -0.1) is 0 Å². The third kappa shape index (κ3) is 4.39. The summed E-state index contributed by atoms with van der Waals surface area (Å²) in [5.74, 6) is 1.11. The average Bonchev–Trinajstić information content (AvgIpc) is 2.72. The van der Waals surface area contributed by atoms with Gasteiger partial charge < -0.3 is 14.8 Å². The number of rotatable bonds is 7. The summed E-state index contributed by atoms with van der Waals surface area (Å²) in [6, 6.07) is 3.96. The average molecular weight is 267 g/mol. The molecule has 4 heteroatoms. The number of carboxylic acid groups (broad SMARTS) is 1. The normalized spacial score (nSPS) is 12.7. The van der Waals surface area contributed by atoms with Crippen LogP contribution in [0.3, 0.4) is 0 Å². The summed E-state index contributed by atoms with van der Waals surface area (Å²) in [4.78, 5) is 11.0. The Kier molecular flexibility index (Phi) is 4.80. The smallest absolute Gasteiger partial charge is 0.309 e. The Balaban J connectivity index is 2.43. The number of hydrogen-bond donors (Lipinski definition) is 2. The van der Waals surface area contributed by atoms with E-state index in [4.69, 9.17) is 9.52 Å². The maximum absolute atomic E-state index is 11.0. The van der Waals surface area contributed by atoms with Crippen LogP contribution in [0.2, 0.25) is 0 Å². The van der Waals surface area contributed by atoms with Gasteiger partial charge in [0.15, 0.2) is 0 Å². The molecule has 0 saturated heterocycles. The van der Waals surface area contributed by atoms with Gasteiger partial charge in [0.2, 0.25) is 0 Å². The molecule has 4 nitrogen and oxygen atoms in total. The van der Waals surface area contributed by atoms with Gasteiger partial charge in [0.25, 0.3) is 0 Å². The van der Waals surface area contributed by atoms with Crippen molar-refractivity contribution in [3.8, 4) is 0 Å². The third-order valence-corrected chi connectivity index (χ3v) is 3.48. The van der Waals surface area contributed by atoms with Crippen molar-refractivity contribution in [3.05, 3.63) is 23.7 Å². The van der Waals surface area contributed by atoms with Crippen molar-refractivity contribution in [1.82, 2.24) is 5.32 Å². The molecule has 2 N–H and O–H groups in total. The SMILES string of the molecule is Cc1ccc(C(C)(C)CNCCC(C)(C)C(=O)O)o1. The molecule has 0 spiro atoms. The first-order valence-electron chi connectivity index (χ1n) is 6.66. The Hall–Kier alpha value is -1.29. The number of nitrogens with one attached hydrogen (secondary N) is 1. The molecule has 1 heterocycles. The molecular formula is C15H25NO3. The number of furan rings is 1. The Morgan fingerprint density at radius 1 is 1.32 bits per heavy atom. The van der Waals surface area contributed by atoms with Crippen LogP contribution in [-0.4, -0.2) is 24.2 Å². The van der Waals surface area contributed by atoms with E-state index in [0.717, 1.165) is 18.1 Å². The van der Waals surface area contributed by atoms with Crippen LogP contribution in [0.15, 0.2) is 16.5 Å². The van der Waals surface area contributed by atoms with Crippen LogP contribution in [-0.2, 0) is 10.2 Å². The molecule has 1 aromatic rings. The number of carboxylic acids is 1. The predicted octanol–water partition coefficient (Wildman–Crippen LogP) is 2.96. The van der Waals surface area contributed by atoms with E-state index >= 15 is 0 Å². The van der Waals surface area contributed by atoms with Gasteiger partial charge in [0.1, 0.15) is 11.5 Å². The molecule has 19 heavy (non-hydrogen) atoms. The fourth-order valence-corrected chi connectivity index (χ4v) is 1.79. The second-order valence-electron chi connectivity index (χ2n) is 6.41. The zero-order valence-corrected chi connectivity index (χ0v) is 12.5. The van der Waals surface area contributed by atoms with Crippen molar-refractivity contribution in [2.45, 2.75) is 46.5 Å². The summed E-state index contributed by atoms with van der Waals surface area (Å²) in [7, 11) is 0. The molecule has 0 aliphatic heterocycles. The van der Waals surface area contributed by atoms with Crippen LogP contribution in [0.25, 0.3) is 0 Å². The summed E-state index contributed by atoms with van der Waals surface area (Å²) in [5, 5.41) is 12.4. The molecule has 0 atom stereocenters. The first-order valence-corrected chi connectivity index (χ1v) is 6.66. The van der Waals surface area contributed by atoms with Gasteiger partial charge in [-0.25, -0.2) is 0 Å². The highest BCUT2D eigenvalue weighted by Crippen LogP contribution is 2.24. The number of hydrogen-bond acceptors (Lipinski definition) is 3. The van der Waals surface area contributed by atoms with Gasteiger partial charge in [0, 0.05) is 12.0 Å². The molecular weight excluding hydrogens is 242 g/mol. The van der Waals surface area contributed by atoms with Crippen LogP contribution in [0, 0.1) is 12.3 Å². The minimum atomic E-state index is -0.754. The lowest BCUT2D eigenvalue weighted by molar-refractivity contribution is -0.147. The molecule has 0 aliphatic carbocycles. The predicted molar refractivity (Wildman–Crippen MR) is 75.4 cm³/mol. The van der Waals surface area contributed by atoms with Gasteiger partial charge in [-0.05, 0) is 45.9 Å². The Labute approximate surface area is 115 Å². The molecule has 108 valence electrons. The van der Waals surface area contributed by atoms with Gasteiger partial charge in [0.05, 0.1) is 5.41 Å². The standard InChI is InChI=1S/C15H25NO3/c1-11-6-7-12(19-11)15(4,5)10-16-9-8-14(2,3)13(17)18/h6-7,16H,8-10H2,1-5H3,(H,17,18). The number of aliphatic carboxylic acids is 1. The van der Waals surface area contributed by atoms with E-state index in [0.29, 0.717) is 13.0 Å². The van der Waals surface area contributed by atoms with Gasteiger partial charge in [-0.2, -0.15) is 0 Å².